The minimum Gasteiger partial charge on any atom is -0.741 e. The fourth-order valence-corrected chi connectivity index (χ4v) is 8.80. The van der Waals surface area contributed by atoms with E-state index in [0.717, 1.165) is 0 Å². The van der Waals surface area contributed by atoms with E-state index >= 15 is 0 Å². The van der Waals surface area contributed by atoms with Crippen LogP contribution in [0.5, 0.6) is 0 Å². The third-order valence-electron chi connectivity index (χ3n) is 6.91. The molecule has 0 bridgehead atoms. The summed E-state index contributed by atoms with van der Waals surface area (Å²) >= 11 is 0. The van der Waals surface area contributed by atoms with E-state index in [2.05, 4.69) is 27.7 Å². The zero-order valence-electron chi connectivity index (χ0n) is 23.3. The summed E-state index contributed by atoms with van der Waals surface area (Å²) in [7, 11) is -6.73. The normalized spacial score (nSPS) is 12.5. The SMILES string of the molecule is CCCCCCCC[P+](CC)(CCCCCCCC)CCCCCCCC.O=S(=O)([O-])C(F)(F)F. The summed E-state index contributed by atoms with van der Waals surface area (Å²) in [5.41, 5.74) is -5.65. The van der Waals surface area contributed by atoms with E-state index in [1.54, 1.807) is 18.5 Å². The maximum Gasteiger partial charge on any atom is 0.485 e. The largest absolute Gasteiger partial charge is 0.741 e. The molecule has 0 aliphatic heterocycles. The molecule has 0 aliphatic carbocycles. The summed E-state index contributed by atoms with van der Waals surface area (Å²) in [5.74, 6) is 0. The number of hydrogen-bond donors (Lipinski definition) is 0. The first-order valence-corrected chi connectivity index (χ1v) is 18.3. The Balaban J connectivity index is 0. The van der Waals surface area contributed by atoms with Gasteiger partial charge in [0.2, 0.25) is 0 Å². The molecule has 0 amide bonds. The van der Waals surface area contributed by atoms with E-state index in [-0.39, 0.29) is 0 Å². The smallest absolute Gasteiger partial charge is 0.485 e. The highest BCUT2D eigenvalue weighted by atomic mass is 32.2. The van der Waals surface area contributed by atoms with Crippen molar-refractivity contribution in [3.05, 3.63) is 0 Å². The zero-order chi connectivity index (χ0) is 27.1. The van der Waals surface area contributed by atoms with Gasteiger partial charge in [-0.2, -0.15) is 13.2 Å². The third kappa shape index (κ3) is 23.0. The van der Waals surface area contributed by atoms with E-state index in [1.165, 1.54) is 122 Å². The Bertz CT molecular complexity index is 514. The van der Waals surface area contributed by atoms with Crippen molar-refractivity contribution in [1.82, 2.24) is 0 Å². The fraction of sp³-hybridized carbons (Fsp3) is 1.00. The quantitative estimate of drug-likeness (QED) is 0.0585. The second kappa shape index (κ2) is 23.3. The molecule has 0 saturated carbocycles. The predicted octanol–water partition coefficient (Wildman–Crippen LogP) is 10.2. The maximum absolute atomic E-state index is 10.7. The molecule has 0 aromatic heterocycles. The van der Waals surface area contributed by atoms with Crippen LogP contribution >= 0.6 is 7.26 Å². The van der Waals surface area contributed by atoms with Gasteiger partial charge in [-0.3, -0.25) is 0 Å². The number of alkyl halides is 3. The second-order valence-electron chi connectivity index (χ2n) is 10.0. The van der Waals surface area contributed by atoms with Crippen molar-refractivity contribution in [1.29, 1.82) is 0 Å². The van der Waals surface area contributed by atoms with Crippen LogP contribution in [0.1, 0.15) is 143 Å². The highest BCUT2D eigenvalue weighted by Gasteiger charge is 2.37. The summed E-state index contributed by atoms with van der Waals surface area (Å²) in [6.07, 6.45) is 32.9. The van der Waals surface area contributed by atoms with Gasteiger partial charge in [0.05, 0.1) is 24.6 Å². The summed E-state index contributed by atoms with van der Waals surface area (Å²) in [5, 5.41) is 0. The molecule has 0 atom stereocenters. The topological polar surface area (TPSA) is 57.2 Å². The third-order valence-corrected chi connectivity index (χ3v) is 12.6. The second-order valence-corrected chi connectivity index (χ2v) is 16.1. The van der Waals surface area contributed by atoms with Gasteiger partial charge < -0.3 is 4.55 Å². The van der Waals surface area contributed by atoms with Gasteiger partial charge in [-0.15, -0.1) is 0 Å². The first-order valence-electron chi connectivity index (χ1n) is 14.4. The molecule has 0 aromatic carbocycles. The lowest BCUT2D eigenvalue weighted by molar-refractivity contribution is -0.0517. The first kappa shape index (κ1) is 37.3. The lowest BCUT2D eigenvalue weighted by Gasteiger charge is -2.27. The van der Waals surface area contributed by atoms with E-state index in [0.29, 0.717) is 0 Å². The molecule has 8 heteroatoms. The lowest BCUT2D eigenvalue weighted by Crippen LogP contribution is -2.21. The summed E-state index contributed by atoms with van der Waals surface area (Å²) in [6, 6.07) is 0. The van der Waals surface area contributed by atoms with Crippen LogP contribution in [0.3, 0.4) is 0 Å². The van der Waals surface area contributed by atoms with E-state index in [1.807, 2.05) is 0 Å². The van der Waals surface area contributed by atoms with Crippen LogP contribution in [-0.4, -0.2) is 43.1 Å². The van der Waals surface area contributed by atoms with Gasteiger partial charge in [-0.05, 0) is 45.4 Å². The van der Waals surface area contributed by atoms with Crippen molar-refractivity contribution < 1.29 is 26.1 Å². The average Bonchev–Trinajstić information content (AvgIpc) is 2.79. The molecule has 0 saturated heterocycles. The van der Waals surface area contributed by atoms with Crippen LogP contribution in [0.15, 0.2) is 0 Å². The van der Waals surface area contributed by atoms with Crippen molar-refractivity contribution in [3.8, 4) is 0 Å². The molecule has 0 fully saturated rings. The molecule has 3 nitrogen and oxygen atoms in total. The van der Waals surface area contributed by atoms with Gasteiger partial charge in [-0.25, -0.2) is 8.42 Å². The van der Waals surface area contributed by atoms with Gasteiger partial charge in [0.1, 0.15) is 0 Å². The van der Waals surface area contributed by atoms with Crippen molar-refractivity contribution >= 4 is 17.4 Å². The van der Waals surface area contributed by atoms with E-state index in [4.69, 9.17) is 13.0 Å². The molecule has 0 spiro atoms. The number of rotatable bonds is 22. The van der Waals surface area contributed by atoms with Gasteiger partial charge >= 0.3 is 5.51 Å². The number of halogens is 3. The van der Waals surface area contributed by atoms with Gasteiger partial charge in [0, 0.05) is 7.26 Å². The lowest BCUT2D eigenvalue weighted by atomic mass is 10.1. The maximum atomic E-state index is 10.7. The molecular weight excluding hydrogens is 492 g/mol. The minimum atomic E-state index is -6.09. The van der Waals surface area contributed by atoms with Gasteiger partial charge in [-0.1, -0.05) is 97.8 Å². The van der Waals surface area contributed by atoms with E-state index in [9.17, 15) is 13.2 Å². The molecule has 0 N–H and O–H groups in total. The number of unbranched alkanes of at least 4 members (excludes halogenated alkanes) is 15. The van der Waals surface area contributed by atoms with Gasteiger partial charge in [0.15, 0.2) is 10.1 Å². The Hall–Kier alpha value is 0.130. The summed E-state index contributed by atoms with van der Waals surface area (Å²) in [4.78, 5) is 0. The predicted molar refractivity (Wildman–Crippen MR) is 148 cm³/mol. The molecule has 214 valence electrons. The van der Waals surface area contributed by atoms with Crippen molar-refractivity contribution in [2.45, 2.75) is 149 Å². The van der Waals surface area contributed by atoms with Crippen LogP contribution in [0.2, 0.25) is 0 Å². The first-order chi connectivity index (χ1) is 16.5. The van der Waals surface area contributed by atoms with Crippen LogP contribution in [0.4, 0.5) is 13.2 Å². The Morgan fingerprint density at radius 1 is 0.543 bits per heavy atom. The van der Waals surface area contributed by atoms with Crippen molar-refractivity contribution in [3.63, 3.8) is 0 Å². The Morgan fingerprint density at radius 2 is 0.771 bits per heavy atom. The zero-order valence-corrected chi connectivity index (χ0v) is 25.0. The molecular formula is C27H56F3O3PS. The molecule has 0 rings (SSSR count). The minimum absolute atomic E-state index is 0.644. The van der Waals surface area contributed by atoms with Crippen LogP contribution < -0.4 is 0 Å². The highest BCUT2D eigenvalue weighted by Crippen LogP contribution is 2.60. The van der Waals surface area contributed by atoms with Crippen LogP contribution in [0, 0.1) is 0 Å². The van der Waals surface area contributed by atoms with Crippen molar-refractivity contribution in [2.24, 2.45) is 0 Å². The Kier molecular flexibility index (Phi) is 24.8. The summed E-state index contributed by atoms with van der Waals surface area (Å²) < 4.78 is 58.9. The van der Waals surface area contributed by atoms with E-state index < -0.39 is 22.9 Å². The highest BCUT2D eigenvalue weighted by molar-refractivity contribution is 7.86. The molecule has 0 aliphatic rings. The van der Waals surface area contributed by atoms with Crippen LogP contribution in [-0.2, 0) is 10.1 Å². The molecule has 35 heavy (non-hydrogen) atoms. The number of hydrogen-bond acceptors (Lipinski definition) is 3. The Labute approximate surface area is 216 Å². The monoisotopic (exact) mass is 548 g/mol. The fourth-order valence-electron chi connectivity index (χ4n) is 4.49. The molecule has 0 aromatic rings. The van der Waals surface area contributed by atoms with Crippen LogP contribution in [0.25, 0.3) is 0 Å². The van der Waals surface area contributed by atoms with Crippen molar-refractivity contribution in [2.75, 3.05) is 24.6 Å². The molecule has 0 radical (unpaired) electrons. The molecule has 0 unspecified atom stereocenters. The average molecular weight is 549 g/mol. The standard InChI is InChI=1S/C26H56P.CHF3O3S/c1-5-9-12-15-18-21-24-27(8-4,25-22-19-16-13-10-6-2)26-23-20-17-14-11-7-3;2-1(3,4)8(5,6)7/h5-26H2,1-4H3;(H,5,6,7)/q+1;/p-1. The Morgan fingerprint density at radius 3 is 0.971 bits per heavy atom. The van der Waals surface area contributed by atoms with Gasteiger partial charge in [0.25, 0.3) is 0 Å². The summed E-state index contributed by atoms with van der Waals surface area (Å²) in [6.45, 7) is 9.52. The molecule has 0 heterocycles.